The number of carbonyl (C=O) groups excluding carboxylic acids is 1. The van der Waals surface area contributed by atoms with Gasteiger partial charge in [-0.3, -0.25) is 9.59 Å². The van der Waals surface area contributed by atoms with E-state index in [1.54, 1.807) is 24.4 Å². The molecule has 0 saturated carbocycles. The van der Waals surface area contributed by atoms with Crippen LogP contribution in [0, 0.1) is 0 Å². The molecule has 0 atom stereocenters. The summed E-state index contributed by atoms with van der Waals surface area (Å²) in [7, 11) is 1.91. The van der Waals surface area contributed by atoms with Gasteiger partial charge in [-0.05, 0) is 40.3 Å². The highest BCUT2D eigenvalue weighted by molar-refractivity contribution is 6.04. The first-order chi connectivity index (χ1) is 12.2. The summed E-state index contributed by atoms with van der Waals surface area (Å²) in [6.07, 6.45) is 3.60. The topological polar surface area (TPSA) is 77.2 Å². The molecule has 2 aromatic rings. The molecule has 3 N–H and O–H groups in total. The molecule has 1 aromatic carbocycles. The van der Waals surface area contributed by atoms with Crippen LogP contribution in [0.15, 0.2) is 47.5 Å². The molecule has 6 heteroatoms. The van der Waals surface area contributed by atoms with E-state index in [2.05, 4.69) is 36.5 Å². The summed E-state index contributed by atoms with van der Waals surface area (Å²) < 4.78 is 0. The SMILES string of the molecule is CN1C=C(c2c[nH]c(=O)c(NC(=O)c3ccc(C(C)(C)C)cc3)c2)CN1. The van der Waals surface area contributed by atoms with E-state index in [1.807, 2.05) is 30.4 Å². The maximum atomic E-state index is 12.5. The number of anilines is 1. The van der Waals surface area contributed by atoms with Crippen molar-refractivity contribution >= 4 is 17.2 Å². The fourth-order valence-corrected chi connectivity index (χ4v) is 2.79. The Bertz CT molecular complexity index is 905. The first kappa shape index (κ1) is 17.9. The van der Waals surface area contributed by atoms with Crippen LogP contribution >= 0.6 is 0 Å². The van der Waals surface area contributed by atoms with E-state index in [4.69, 9.17) is 0 Å². The molecular weight excluding hydrogens is 328 g/mol. The second kappa shape index (κ2) is 6.80. The average Bonchev–Trinajstić information content (AvgIpc) is 3.02. The zero-order valence-corrected chi connectivity index (χ0v) is 15.5. The maximum absolute atomic E-state index is 12.5. The molecular formula is C20H24N4O2. The smallest absolute Gasteiger partial charge is 0.271 e. The number of nitrogens with zero attached hydrogens (tertiary/aromatic N) is 1. The van der Waals surface area contributed by atoms with Gasteiger partial charge < -0.3 is 15.3 Å². The molecule has 0 radical (unpaired) electrons. The normalized spacial score (nSPS) is 14.3. The van der Waals surface area contributed by atoms with Crippen molar-refractivity contribution in [1.82, 2.24) is 15.4 Å². The Kier molecular flexibility index (Phi) is 4.70. The summed E-state index contributed by atoms with van der Waals surface area (Å²) in [5, 5.41) is 4.57. The van der Waals surface area contributed by atoms with Gasteiger partial charge in [0.05, 0.1) is 0 Å². The minimum Gasteiger partial charge on any atom is -0.327 e. The van der Waals surface area contributed by atoms with Gasteiger partial charge >= 0.3 is 0 Å². The third-order valence-electron chi connectivity index (χ3n) is 4.40. The molecule has 0 bridgehead atoms. The molecule has 0 saturated heterocycles. The summed E-state index contributed by atoms with van der Waals surface area (Å²) in [4.78, 5) is 27.3. The number of pyridine rings is 1. The first-order valence-corrected chi connectivity index (χ1v) is 8.56. The number of nitrogens with one attached hydrogen (secondary N) is 3. The number of aromatic amines is 1. The third-order valence-corrected chi connectivity index (χ3v) is 4.40. The quantitative estimate of drug-likeness (QED) is 0.794. The van der Waals surface area contributed by atoms with Gasteiger partial charge in [0, 0.05) is 31.6 Å². The molecule has 6 nitrogen and oxygen atoms in total. The van der Waals surface area contributed by atoms with Crippen molar-refractivity contribution in [3.05, 3.63) is 69.8 Å². The van der Waals surface area contributed by atoms with Crippen LogP contribution in [-0.2, 0) is 5.41 Å². The van der Waals surface area contributed by atoms with E-state index in [1.165, 1.54) is 0 Å². The van der Waals surface area contributed by atoms with Crippen LogP contribution in [0.5, 0.6) is 0 Å². The molecule has 1 aromatic heterocycles. The van der Waals surface area contributed by atoms with Crippen molar-refractivity contribution in [2.24, 2.45) is 0 Å². The van der Waals surface area contributed by atoms with Crippen LogP contribution < -0.4 is 16.3 Å². The van der Waals surface area contributed by atoms with Crippen LogP contribution in [0.1, 0.15) is 42.3 Å². The van der Waals surface area contributed by atoms with Gasteiger partial charge in [-0.2, -0.15) is 0 Å². The highest BCUT2D eigenvalue weighted by Crippen LogP contribution is 2.23. The summed E-state index contributed by atoms with van der Waals surface area (Å²) in [6.45, 7) is 7.04. The molecule has 1 aliphatic rings. The molecule has 1 aliphatic heterocycles. The molecule has 2 heterocycles. The second-order valence-corrected chi connectivity index (χ2v) is 7.51. The lowest BCUT2D eigenvalue weighted by Gasteiger charge is -2.19. The zero-order chi connectivity index (χ0) is 18.9. The summed E-state index contributed by atoms with van der Waals surface area (Å²) >= 11 is 0. The van der Waals surface area contributed by atoms with Gasteiger partial charge in [0.15, 0.2) is 0 Å². The molecule has 1 amide bonds. The van der Waals surface area contributed by atoms with Crippen LogP contribution in [0.3, 0.4) is 0 Å². The third kappa shape index (κ3) is 3.86. The number of H-pyrrole nitrogens is 1. The van der Waals surface area contributed by atoms with E-state index in [-0.39, 0.29) is 22.6 Å². The van der Waals surface area contributed by atoms with Crippen LogP contribution in [0.2, 0.25) is 0 Å². The number of carbonyl (C=O) groups is 1. The van der Waals surface area contributed by atoms with E-state index in [0.717, 1.165) is 16.7 Å². The van der Waals surface area contributed by atoms with Crippen molar-refractivity contribution in [1.29, 1.82) is 0 Å². The fraction of sp³-hybridized carbons (Fsp3) is 0.300. The summed E-state index contributed by atoms with van der Waals surface area (Å²) in [6, 6.07) is 9.16. The predicted octanol–water partition coefficient (Wildman–Crippen LogP) is 2.72. The standard InChI is InChI=1S/C20H24N4O2/c1-20(2,3)16-7-5-13(6-8-16)18(25)23-17-9-14(10-21-19(17)26)15-11-22-24(4)12-15/h5-10,12,22H,11H2,1-4H3,(H,21,26)(H,23,25). The van der Waals surface area contributed by atoms with Gasteiger partial charge in [-0.25, -0.2) is 5.43 Å². The number of aromatic nitrogens is 1. The Balaban J connectivity index is 1.81. The molecule has 0 fully saturated rings. The number of benzene rings is 1. The number of amides is 1. The zero-order valence-electron chi connectivity index (χ0n) is 15.5. The number of hydrazine groups is 1. The largest absolute Gasteiger partial charge is 0.327 e. The lowest BCUT2D eigenvalue weighted by atomic mass is 9.87. The van der Waals surface area contributed by atoms with Gasteiger partial charge in [0.2, 0.25) is 0 Å². The van der Waals surface area contributed by atoms with Gasteiger partial charge in [0.25, 0.3) is 11.5 Å². The van der Waals surface area contributed by atoms with Crippen LogP contribution in [-0.4, -0.2) is 29.5 Å². The Hall–Kier alpha value is -2.86. The fourth-order valence-electron chi connectivity index (χ4n) is 2.79. The number of hydrogen-bond donors (Lipinski definition) is 3. The van der Waals surface area contributed by atoms with Gasteiger partial charge in [-0.1, -0.05) is 32.9 Å². The first-order valence-electron chi connectivity index (χ1n) is 8.56. The highest BCUT2D eigenvalue weighted by Gasteiger charge is 2.16. The Morgan fingerprint density at radius 2 is 1.88 bits per heavy atom. The summed E-state index contributed by atoms with van der Waals surface area (Å²) in [5.74, 6) is -0.302. The Morgan fingerprint density at radius 1 is 1.19 bits per heavy atom. The number of rotatable bonds is 3. The average molecular weight is 352 g/mol. The van der Waals surface area contributed by atoms with Crippen molar-refractivity contribution in [2.75, 3.05) is 18.9 Å². The van der Waals surface area contributed by atoms with Gasteiger partial charge in [-0.15, -0.1) is 0 Å². The van der Waals surface area contributed by atoms with E-state index < -0.39 is 0 Å². The van der Waals surface area contributed by atoms with E-state index in [9.17, 15) is 9.59 Å². The van der Waals surface area contributed by atoms with Crippen molar-refractivity contribution in [3.8, 4) is 0 Å². The molecule has 3 rings (SSSR count). The lowest BCUT2D eigenvalue weighted by Crippen LogP contribution is -2.24. The molecule has 0 spiro atoms. The molecule has 0 aliphatic carbocycles. The summed E-state index contributed by atoms with van der Waals surface area (Å²) in [5.41, 5.74) is 6.65. The second-order valence-electron chi connectivity index (χ2n) is 7.51. The van der Waals surface area contributed by atoms with Gasteiger partial charge in [0.1, 0.15) is 5.69 Å². The molecule has 26 heavy (non-hydrogen) atoms. The van der Waals surface area contributed by atoms with E-state index in [0.29, 0.717) is 12.1 Å². The van der Waals surface area contributed by atoms with E-state index >= 15 is 0 Å². The molecule has 0 unspecified atom stereocenters. The predicted molar refractivity (Wildman–Crippen MR) is 104 cm³/mol. The Morgan fingerprint density at radius 3 is 2.46 bits per heavy atom. The van der Waals surface area contributed by atoms with Crippen molar-refractivity contribution < 1.29 is 4.79 Å². The lowest BCUT2D eigenvalue weighted by molar-refractivity contribution is 0.102. The van der Waals surface area contributed by atoms with Crippen LogP contribution in [0.25, 0.3) is 5.57 Å². The van der Waals surface area contributed by atoms with Crippen molar-refractivity contribution in [3.63, 3.8) is 0 Å². The minimum atomic E-state index is -0.326. The van der Waals surface area contributed by atoms with Crippen molar-refractivity contribution in [2.45, 2.75) is 26.2 Å². The highest BCUT2D eigenvalue weighted by atomic mass is 16.2. The van der Waals surface area contributed by atoms with Crippen LogP contribution in [0.4, 0.5) is 5.69 Å². The maximum Gasteiger partial charge on any atom is 0.271 e. The number of hydrogen-bond acceptors (Lipinski definition) is 4. The Labute approximate surface area is 152 Å². The monoisotopic (exact) mass is 352 g/mol. The minimum absolute atomic E-state index is 0.0245. The molecule has 136 valence electrons.